The number of aromatic amines is 1. The van der Waals surface area contributed by atoms with Gasteiger partial charge in [0.25, 0.3) is 0 Å². The minimum Gasteiger partial charge on any atom is -0.349 e. The fourth-order valence-corrected chi connectivity index (χ4v) is 2.20. The first-order chi connectivity index (χ1) is 8.74. The van der Waals surface area contributed by atoms with Crippen molar-refractivity contribution in [3.63, 3.8) is 0 Å². The lowest BCUT2D eigenvalue weighted by Crippen LogP contribution is -2.35. The molecule has 2 aromatic rings. The Labute approximate surface area is 129 Å². The SMILES string of the molecule is Cc1cccc2[nH]c(CNC3=NCCN3C)nc12.I. The van der Waals surface area contributed by atoms with E-state index >= 15 is 0 Å². The van der Waals surface area contributed by atoms with Crippen LogP contribution in [0.4, 0.5) is 0 Å². The topological polar surface area (TPSA) is 56.3 Å². The summed E-state index contributed by atoms with van der Waals surface area (Å²) in [6, 6.07) is 6.18. The molecule has 0 aliphatic carbocycles. The van der Waals surface area contributed by atoms with Crippen LogP contribution in [0, 0.1) is 6.92 Å². The minimum atomic E-state index is 0. The van der Waals surface area contributed by atoms with E-state index in [1.165, 1.54) is 5.56 Å². The molecule has 1 aromatic carbocycles. The maximum atomic E-state index is 4.61. The van der Waals surface area contributed by atoms with Gasteiger partial charge in [-0.15, -0.1) is 24.0 Å². The summed E-state index contributed by atoms with van der Waals surface area (Å²) in [6.45, 7) is 4.62. The van der Waals surface area contributed by atoms with Gasteiger partial charge < -0.3 is 15.2 Å². The number of rotatable bonds is 2. The third kappa shape index (κ3) is 2.83. The van der Waals surface area contributed by atoms with E-state index in [1.807, 2.05) is 13.1 Å². The van der Waals surface area contributed by atoms with Gasteiger partial charge in [0.1, 0.15) is 5.82 Å². The Morgan fingerprint density at radius 3 is 2.95 bits per heavy atom. The van der Waals surface area contributed by atoms with Crippen molar-refractivity contribution in [3.05, 3.63) is 29.6 Å². The second-order valence-corrected chi connectivity index (χ2v) is 4.64. The molecular weight excluding hydrogens is 353 g/mol. The summed E-state index contributed by atoms with van der Waals surface area (Å²) in [7, 11) is 2.04. The summed E-state index contributed by atoms with van der Waals surface area (Å²) in [5, 5.41) is 3.31. The van der Waals surface area contributed by atoms with Crippen molar-refractivity contribution in [2.75, 3.05) is 20.1 Å². The van der Waals surface area contributed by atoms with Crippen molar-refractivity contribution in [2.45, 2.75) is 13.5 Å². The number of aryl methyl sites for hydroxylation is 1. The number of imidazole rings is 1. The van der Waals surface area contributed by atoms with Crippen LogP contribution in [0.1, 0.15) is 11.4 Å². The number of nitrogens with zero attached hydrogens (tertiary/aromatic N) is 3. The van der Waals surface area contributed by atoms with Gasteiger partial charge in [0.2, 0.25) is 0 Å². The Kier molecular flexibility index (Phi) is 4.28. The summed E-state index contributed by atoms with van der Waals surface area (Å²) in [5.41, 5.74) is 3.34. The average molecular weight is 371 g/mol. The van der Waals surface area contributed by atoms with Gasteiger partial charge >= 0.3 is 0 Å². The molecule has 1 aliphatic heterocycles. The number of nitrogens with one attached hydrogen (secondary N) is 2. The van der Waals surface area contributed by atoms with Crippen molar-refractivity contribution >= 4 is 41.0 Å². The Morgan fingerprint density at radius 2 is 2.26 bits per heavy atom. The number of hydrogen-bond donors (Lipinski definition) is 2. The summed E-state index contributed by atoms with van der Waals surface area (Å²) in [5.74, 6) is 1.90. The Bertz CT molecular complexity index is 604. The van der Waals surface area contributed by atoms with Crippen LogP contribution in [0.5, 0.6) is 0 Å². The molecule has 19 heavy (non-hydrogen) atoms. The molecule has 3 rings (SSSR count). The zero-order valence-corrected chi connectivity index (χ0v) is 13.4. The maximum Gasteiger partial charge on any atom is 0.194 e. The van der Waals surface area contributed by atoms with Crippen molar-refractivity contribution in [2.24, 2.45) is 4.99 Å². The molecule has 0 spiro atoms. The highest BCUT2D eigenvalue weighted by Gasteiger charge is 2.12. The van der Waals surface area contributed by atoms with Gasteiger partial charge in [0.05, 0.1) is 24.1 Å². The predicted octanol–water partition coefficient (Wildman–Crippen LogP) is 1.88. The maximum absolute atomic E-state index is 4.61. The van der Waals surface area contributed by atoms with Crippen LogP contribution >= 0.6 is 24.0 Å². The third-order valence-corrected chi connectivity index (χ3v) is 3.24. The number of para-hydroxylation sites is 1. The average Bonchev–Trinajstić information content (AvgIpc) is 2.93. The fraction of sp³-hybridized carbons (Fsp3) is 0.385. The van der Waals surface area contributed by atoms with E-state index in [0.717, 1.165) is 35.9 Å². The first-order valence-corrected chi connectivity index (χ1v) is 6.18. The van der Waals surface area contributed by atoms with E-state index in [2.05, 4.69) is 44.2 Å². The second-order valence-electron chi connectivity index (χ2n) is 4.64. The summed E-state index contributed by atoms with van der Waals surface area (Å²) < 4.78 is 0. The quantitative estimate of drug-likeness (QED) is 0.793. The molecule has 0 saturated carbocycles. The largest absolute Gasteiger partial charge is 0.349 e. The number of aliphatic imine (C=N–C) groups is 1. The molecule has 0 fully saturated rings. The first kappa shape index (κ1) is 14.1. The summed E-state index contributed by atoms with van der Waals surface area (Å²) in [4.78, 5) is 14.4. The zero-order valence-electron chi connectivity index (χ0n) is 11.1. The number of aromatic nitrogens is 2. The lowest BCUT2D eigenvalue weighted by Gasteiger charge is -2.14. The molecule has 2 N–H and O–H groups in total. The number of benzene rings is 1. The van der Waals surface area contributed by atoms with Crippen molar-refractivity contribution < 1.29 is 0 Å². The van der Waals surface area contributed by atoms with Crippen LogP contribution in [0.25, 0.3) is 11.0 Å². The van der Waals surface area contributed by atoms with Crippen LogP contribution in [0.2, 0.25) is 0 Å². The highest BCUT2D eigenvalue weighted by Crippen LogP contribution is 2.15. The summed E-state index contributed by atoms with van der Waals surface area (Å²) in [6.07, 6.45) is 0. The fourth-order valence-electron chi connectivity index (χ4n) is 2.20. The molecule has 0 unspecified atom stereocenters. The van der Waals surface area contributed by atoms with Gasteiger partial charge in [0.15, 0.2) is 5.96 Å². The molecule has 0 bridgehead atoms. The molecule has 6 heteroatoms. The van der Waals surface area contributed by atoms with E-state index < -0.39 is 0 Å². The molecule has 102 valence electrons. The van der Waals surface area contributed by atoms with Gasteiger partial charge in [-0.3, -0.25) is 4.99 Å². The number of hydrogen-bond acceptors (Lipinski definition) is 4. The predicted molar refractivity (Wildman–Crippen MR) is 88.0 cm³/mol. The van der Waals surface area contributed by atoms with E-state index in [0.29, 0.717) is 6.54 Å². The van der Waals surface area contributed by atoms with Gasteiger partial charge in [0, 0.05) is 13.6 Å². The number of halogens is 1. The smallest absolute Gasteiger partial charge is 0.194 e. The molecule has 5 nitrogen and oxygen atoms in total. The van der Waals surface area contributed by atoms with Gasteiger partial charge in [-0.1, -0.05) is 12.1 Å². The van der Waals surface area contributed by atoms with Crippen molar-refractivity contribution in [1.82, 2.24) is 20.2 Å². The van der Waals surface area contributed by atoms with Crippen molar-refractivity contribution in [1.29, 1.82) is 0 Å². The van der Waals surface area contributed by atoms with Crippen LogP contribution in [0.3, 0.4) is 0 Å². The van der Waals surface area contributed by atoms with E-state index in [4.69, 9.17) is 0 Å². The molecule has 1 aromatic heterocycles. The molecule has 2 heterocycles. The molecular formula is C13H18IN5. The summed E-state index contributed by atoms with van der Waals surface area (Å²) >= 11 is 0. The van der Waals surface area contributed by atoms with Crippen LogP contribution in [-0.4, -0.2) is 41.0 Å². The first-order valence-electron chi connectivity index (χ1n) is 6.18. The normalized spacial score (nSPS) is 14.4. The highest BCUT2D eigenvalue weighted by molar-refractivity contribution is 14.0. The highest BCUT2D eigenvalue weighted by atomic mass is 127. The molecule has 0 atom stereocenters. The monoisotopic (exact) mass is 371 g/mol. The van der Waals surface area contributed by atoms with Gasteiger partial charge in [-0.25, -0.2) is 4.98 Å². The van der Waals surface area contributed by atoms with Crippen LogP contribution in [-0.2, 0) is 6.54 Å². The Hall–Kier alpha value is -1.31. The second kappa shape index (κ2) is 5.77. The molecule has 0 radical (unpaired) electrons. The van der Waals surface area contributed by atoms with Gasteiger partial charge in [-0.2, -0.15) is 0 Å². The van der Waals surface area contributed by atoms with Crippen molar-refractivity contribution in [3.8, 4) is 0 Å². The van der Waals surface area contributed by atoms with Crippen LogP contribution in [0.15, 0.2) is 23.2 Å². The van der Waals surface area contributed by atoms with Gasteiger partial charge in [-0.05, 0) is 18.6 Å². The third-order valence-electron chi connectivity index (χ3n) is 3.24. The molecule has 1 aliphatic rings. The number of guanidine groups is 1. The van der Waals surface area contributed by atoms with Crippen LogP contribution < -0.4 is 5.32 Å². The van der Waals surface area contributed by atoms with E-state index in [1.54, 1.807) is 0 Å². The lowest BCUT2D eigenvalue weighted by atomic mass is 10.2. The number of fused-ring (bicyclic) bond motifs is 1. The lowest BCUT2D eigenvalue weighted by molar-refractivity contribution is 0.532. The minimum absolute atomic E-state index is 0. The van der Waals surface area contributed by atoms with E-state index in [9.17, 15) is 0 Å². The number of H-pyrrole nitrogens is 1. The Balaban J connectivity index is 0.00000133. The zero-order chi connectivity index (χ0) is 12.5. The van der Waals surface area contributed by atoms with E-state index in [-0.39, 0.29) is 24.0 Å². The number of likely N-dealkylation sites (N-methyl/N-ethyl adjacent to an activating group) is 1. The Morgan fingerprint density at radius 1 is 1.42 bits per heavy atom. The molecule has 0 saturated heterocycles. The molecule has 0 amide bonds. The standard InChI is InChI=1S/C13H17N5.HI/c1-9-4-3-5-10-12(9)17-11(16-10)8-15-13-14-6-7-18(13)2;/h3-5H,6-8H2,1-2H3,(H,14,15)(H,16,17);1H.